The van der Waals surface area contributed by atoms with E-state index in [1.165, 1.54) is 6.07 Å². The maximum atomic E-state index is 14.0. The zero-order valence-electron chi connectivity index (χ0n) is 11.0. The fraction of sp³-hybridized carbons (Fsp3) is 0.143. The van der Waals surface area contributed by atoms with E-state index in [9.17, 15) is 9.18 Å². The number of benzene rings is 1. The molecule has 1 aromatic carbocycles. The first-order valence-electron chi connectivity index (χ1n) is 5.99. The monoisotopic (exact) mass is 274 g/mol. The van der Waals surface area contributed by atoms with Crippen LogP contribution in [0, 0.1) is 5.82 Å². The average Bonchev–Trinajstić information content (AvgIpc) is 2.39. The van der Waals surface area contributed by atoms with Crippen LogP contribution in [-0.2, 0) is 6.54 Å². The molecule has 4 N–H and O–H groups in total. The van der Waals surface area contributed by atoms with Gasteiger partial charge in [0.1, 0.15) is 5.82 Å². The van der Waals surface area contributed by atoms with Gasteiger partial charge in [-0.3, -0.25) is 9.78 Å². The van der Waals surface area contributed by atoms with Crippen molar-refractivity contribution in [2.45, 2.75) is 6.54 Å². The van der Waals surface area contributed by atoms with Crippen LogP contribution in [0.3, 0.4) is 0 Å². The lowest BCUT2D eigenvalue weighted by molar-refractivity contribution is 0.100. The van der Waals surface area contributed by atoms with Gasteiger partial charge in [-0.2, -0.15) is 0 Å². The number of halogens is 1. The summed E-state index contributed by atoms with van der Waals surface area (Å²) in [6.45, 7) is 0.403. The molecule has 1 heterocycles. The van der Waals surface area contributed by atoms with Gasteiger partial charge in [0.15, 0.2) is 0 Å². The van der Waals surface area contributed by atoms with E-state index in [2.05, 4.69) is 4.98 Å². The van der Waals surface area contributed by atoms with E-state index in [1.807, 2.05) is 12.1 Å². The second-order valence-corrected chi connectivity index (χ2v) is 4.43. The molecule has 6 heteroatoms. The fourth-order valence-electron chi connectivity index (χ4n) is 1.90. The minimum atomic E-state index is -0.685. The topological polar surface area (TPSA) is 85.2 Å². The number of nitrogen functional groups attached to an aromatic ring is 1. The molecular formula is C14H15FN4O. The molecule has 0 saturated heterocycles. The Bertz CT molecular complexity index is 631. The third-order valence-electron chi connectivity index (χ3n) is 2.92. The molecule has 0 bridgehead atoms. The normalized spacial score (nSPS) is 10.3. The van der Waals surface area contributed by atoms with E-state index in [1.54, 1.807) is 24.2 Å². The number of primary amides is 1. The molecule has 20 heavy (non-hydrogen) atoms. The number of amides is 1. The molecule has 1 aromatic heterocycles. The van der Waals surface area contributed by atoms with E-state index in [0.29, 0.717) is 6.54 Å². The summed E-state index contributed by atoms with van der Waals surface area (Å²) in [5.41, 5.74) is 12.0. The Kier molecular flexibility index (Phi) is 3.84. The fourth-order valence-corrected chi connectivity index (χ4v) is 1.90. The second kappa shape index (κ2) is 5.56. The van der Waals surface area contributed by atoms with Gasteiger partial charge < -0.3 is 16.4 Å². The van der Waals surface area contributed by atoms with Gasteiger partial charge in [0, 0.05) is 18.9 Å². The third kappa shape index (κ3) is 2.85. The SMILES string of the molecule is CN(Cc1ccccn1)c1cc(C(N)=O)c(N)cc1F. The number of hydrogen-bond donors (Lipinski definition) is 2. The molecule has 5 nitrogen and oxygen atoms in total. The quantitative estimate of drug-likeness (QED) is 0.828. The number of carbonyl (C=O) groups excluding carboxylic acids is 1. The first-order chi connectivity index (χ1) is 9.49. The number of carbonyl (C=O) groups is 1. The first kappa shape index (κ1) is 13.8. The van der Waals surface area contributed by atoms with Crippen LogP contribution < -0.4 is 16.4 Å². The molecule has 0 unspecified atom stereocenters. The lowest BCUT2D eigenvalue weighted by Crippen LogP contribution is -2.21. The number of nitrogens with two attached hydrogens (primary N) is 2. The van der Waals surface area contributed by atoms with Crippen LogP contribution in [-0.4, -0.2) is 17.9 Å². The predicted octanol–water partition coefficient (Wildman–Crippen LogP) is 1.54. The molecule has 2 aromatic rings. The summed E-state index contributed by atoms with van der Waals surface area (Å²) in [5.74, 6) is -1.19. The maximum Gasteiger partial charge on any atom is 0.250 e. The van der Waals surface area contributed by atoms with E-state index in [-0.39, 0.29) is 16.9 Å². The van der Waals surface area contributed by atoms with Crippen molar-refractivity contribution in [3.63, 3.8) is 0 Å². The smallest absolute Gasteiger partial charge is 0.250 e. The summed E-state index contributed by atoms with van der Waals surface area (Å²) >= 11 is 0. The maximum absolute atomic E-state index is 14.0. The minimum absolute atomic E-state index is 0.0324. The molecule has 0 aliphatic rings. The molecule has 0 spiro atoms. The van der Waals surface area contributed by atoms with E-state index < -0.39 is 11.7 Å². The lowest BCUT2D eigenvalue weighted by Gasteiger charge is -2.20. The van der Waals surface area contributed by atoms with Gasteiger partial charge in [0.25, 0.3) is 5.91 Å². The van der Waals surface area contributed by atoms with E-state index in [0.717, 1.165) is 11.8 Å². The molecule has 0 atom stereocenters. The zero-order valence-corrected chi connectivity index (χ0v) is 11.0. The van der Waals surface area contributed by atoms with E-state index in [4.69, 9.17) is 11.5 Å². The van der Waals surface area contributed by atoms with Crippen LogP contribution in [0.1, 0.15) is 16.1 Å². The molecule has 0 fully saturated rings. The Morgan fingerprint density at radius 2 is 2.15 bits per heavy atom. The first-order valence-corrected chi connectivity index (χ1v) is 5.99. The van der Waals surface area contributed by atoms with Gasteiger partial charge in [-0.25, -0.2) is 4.39 Å². The van der Waals surface area contributed by atoms with Crippen LogP contribution in [0.15, 0.2) is 36.5 Å². The van der Waals surface area contributed by atoms with Crippen molar-refractivity contribution in [2.24, 2.45) is 5.73 Å². The Balaban J connectivity index is 2.32. The standard InChI is InChI=1S/C14H15FN4O/c1-19(8-9-4-2-3-5-18-9)13-6-10(14(17)20)12(16)7-11(13)15/h2-7H,8,16H2,1H3,(H2,17,20). The molecular weight excluding hydrogens is 259 g/mol. The molecule has 0 aliphatic carbocycles. The largest absolute Gasteiger partial charge is 0.398 e. The number of hydrogen-bond acceptors (Lipinski definition) is 4. The van der Waals surface area contributed by atoms with Gasteiger partial charge >= 0.3 is 0 Å². The molecule has 104 valence electrons. The summed E-state index contributed by atoms with van der Waals surface area (Å²) in [6, 6.07) is 7.95. The summed E-state index contributed by atoms with van der Waals surface area (Å²) in [5, 5.41) is 0. The Morgan fingerprint density at radius 1 is 1.40 bits per heavy atom. The Hall–Kier alpha value is -2.63. The van der Waals surface area contributed by atoms with Crippen LogP contribution >= 0.6 is 0 Å². The van der Waals surface area contributed by atoms with Crippen molar-refractivity contribution < 1.29 is 9.18 Å². The lowest BCUT2D eigenvalue weighted by atomic mass is 10.1. The highest BCUT2D eigenvalue weighted by molar-refractivity contribution is 5.99. The molecule has 2 rings (SSSR count). The van der Waals surface area contributed by atoms with Crippen molar-refractivity contribution in [3.05, 3.63) is 53.6 Å². The number of pyridine rings is 1. The van der Waals surface area contributed by atoms with Crippen molar-refractivity contribution in [3.8, 4) is 0 Å². The summed E-state index contributed by atoms with van der Waals surface area (Å²) < 4.78 is 14.0. The predicted molar refractivity (Wildman–Crippen MR) is 75.7 cm³/mol. The zero-order chi connectivity index (χ0) is 14.7. The minimum Gasteiger partial charge on any atom is -0.398 e. The number of anilines is 2. The van der Waals surface area contributed by atoms with Crippen LogP contribution in [0.4, 0.5) is 15.8 Å². The highest BCUT2D eigenvalue weighted by Crippen LogP contribution is 2.25. The number of aromatic nitrogens is 1. The van der Waals surface area contributed by atoms with E-state index >= 15 is 0 Å². The summed E-state index contributed by atoms with van der Waals surface area (Å²) in [7, 11) is 1.70. The Morgan fingerprint density at radius 3 is 2.75 bits per heavy atom. The average molecular weight is 274 g/mol. The highest BCUT2D eigenvalue weighted by Gasteiger charge is 2.15. The van der Waals surface area contributed by atoms with Gasteiger partial charge in [-0.15, -0.1) is 0 Å². The number of nitrogens with zero attached hydrogens (tertiary/aromatic N) is 2. The van der Waals surface area contributed by atoms with Gasteiger partial charge in [-0.05, 0) is 24.3 Å². The van der Waals surface area contributed by atoms with Crippen molar-refractivity contribution in [1.82, 2.24) is 4.98 Å². The summed E-state index contributed by atoms with van der Waals surface area (Å²) in [6.07, 6.45) is 1.66. The number of rotatable bonds is 4. The highest BCUT2D eigenvalue weighted by atomic mass is 19.1. The molecule has 0 saturated carbocycles. The van der Waals surface area contributed by atoms with Gasteiger partial charge in [0.05, 0.1) is 23.5 Å². The van der Waals surface area contributed by atoms with Crippen LogP contribution in [0.2, 0.25) is 0 Å². The Labute approximate surface area is 116 Å². The second-order valence-electron chi connectivity index (χ2n) is 4.43. The summed E-state index contributed by atoms with van der Waals surface area (Å²) in [4.78, 5) is 17.1. The van der Waals surface area contributed by atoms with Crippen molar-refractivity contribution in [1.29, 1.82) is 0 Å². The van der Waals surface area contributed by atoms with Crippen molar-refractivity contribution in [2.75, 3.05) is 17.7 Å². The van der Waals surface area contributed by atoms with Crippen LogP contribution in [0.5, 0.6) is 0 Å². The van der Waals surface area contributed by atoms with Gasteiger partial charge in [0.2, 0.25) is 0 Å². The molecule has 0 radical (unpaired) electrons. The molecule has 0 aliphatic heterocycles. The third-order valence-corrected chi connectivity index (χ3v) is 2.92. The van der Waals surface area contributed by atoms with Crippen LogP contribution in [0.25, 0.3) is 0 Å². The van der Waals surface area contributed by atoms with Crippen molar-refractivity contribution >= 4 is 17.3 Å². The van der Waals surface area contributed by atoms with Gasteiger partial charge in [-0.1, -0.05) is 6.07 Å². The molecule has 1 amide bonds.